The third-order valence-electron chi connectivity index (χ3n) is 3.90. The van der Waals surface area contributed by atoms with Crippen molar-refractivity contribution < 1.29 is 9.53 Å². The summed E-state index contributed by atoms with van der Waals surface area (Å²) in [5.41, 5.74) is 2.71. The molecule has 1 N–H and O–H groups in total. The molecule has 1 saturated heterocycles. The Morgan fingerprint density at radius 1 is 1.32 bits per heavy atom. The Labute approximate surface area is 144 Å². The van der Waals surface area contributed by atoms with Gasteiger partial charge in [0, 0.05) is 11.7 Å². The van der Waals surface area contributed by atoms with E-state index in [0.29, 0.717) is 11.8 Å². The summed E-state index contributed by atoms with van der Waals surface area (Å²) in [6.07, 6.45) is 1.12. The summed E-state index contributed by atoms with van der Waals surface area (Å²) in [5.74, 6) is 1.68. The number of carbonyl (C=O) groups is 1. The highest BCUT2D eigenvalue weighted by molar-refractivity contribution is 8.00. The number of ether oxygens (including phenoxy) is 1. The van der Waals surface area contributed by atoms with Gasteiger partial charge in [-0.15, -0.1) is 24.2 Å². The lowest BCUT2D eigenvalue weighted by Gasteiger charge is -2.20. The Bertz CT molecular complexity index is 478. The number of methoxy groups -OCH3 is 1. The molecule has 3 atom stereocenters. The fourth-order valence-electron chi connectivity index (χ4n) is 2.66. The van der Waals surface area contributed by atoms with Gasteiger partial charge in [-0.05, 0) is 23.5 Å². The number of esters is 1. The quantitative estimate of drug-likeness (QED) is 0.829. The summed E-state index contributed by atoms with van der Waals surface area (Å²) in [6.45, 7) is 6.69. The topological polar surface area (TPSA) is 38.3 Å². The van der Waals surface area contributed by atoms with Gasteiger partial charge in [0.1, 0.15) is 6.04 Å². The second-order valence-corrected chi connectivity index (χ2v) is 7.30. The zero-order valence-corrected chi connectivity index (χ0v) is 15.3. The maximum absolute atomic E-state index is 11.6. The Kier molecular flexibility index (Phi) is 7.74. The van der Waals surface area contributed by atoms with E-state index >= 15 is 0 Å². The first-order valence-electron chi connectivity index (χ1n) is 7.55. The summed E-state index contributed by atoms with van der Waals surface area (Å²) >= 11 is 1.80. The number of rotatable bonds is 5. The molecule has 1 fully saturated rings. The van der Waals surface area contributed by atoms with Gasteiger partial charge in [-0.3, -0.25) is 10.1 Å². The normalized spacial score (nSPS) is 22.2. The van der Waals surface area contributed by atoms with E-state index in [2.05, 4.69) is 50.4 Å². The minimum atomic E-state index is -0.173. The van der Waals surface area contributed by atoms with E-state index in [4.69, 9.17) is 4.74 Å². The first-order valence-corrected chi connectivity index (χ1v) is 8.60. The van der Waals surface area contributed by atoms with Crippen LogP contribution in [-0.4, -0.2) is 30.2 Å². The largest absolute Gasteiger partial charge is 0.468 e. The number of nitrogens with one attached hydrogen (secondary N) is 1. The molecule has 22 heavy (non-hydrogen) atoms. The van der Waals surface area contributed by atoms with Gasteiger partial charge in [-0.25, -0.2) is 0 Å². The van der Waals surface area contributed by atoms with Crippen LogP contribution >= 0.6 is 24.2 Å². The molecule has 0 amide bonds. The van der Waals surface area contributed by atoms with Crippen LogP contribution in [0.1, 0.15) is 37.8 Å². The minimum Gasteiger partial charge on any atom is -0.468 e. The molecule has 0 bridgehead atoms. The second kappa shape index (κ2) is 8.80. The smallest absolute Gasteiger partial charge is 0.323 e. The lowest BCUT2D eigenvalue weighted by Crippen LogP contribution is -2.39. The van der Waals surface area contributed by atoms with Gasteiger partial charge in [0.2, 0.25) is 0 Å². The van der Waals surface area contributed by atoms with Crippen LogP contribution in [0.5, 0.6) is 0 Å². The predicted molar refractivity (Wildman–Crippen MR) is 95.8 cm³/mol. The van der Waals surface area contributed by atoms with E-state index in [1.54, 1.807) is 11.8 Å². The van der Waals surface area contributed by atoms with Crippen LogP contribution in [0.15, 0.2) is 24.3 Å². The van der Waals surface area contributed by atoms with Gasteiger partial charge >= 0.3 is 5.97 Å². The Balaban J connectivity index is 0.00000242. The summed E-state index contributed by atoms with van der Waals surface area (Å²) in [5, 5.41) is 3.64. The summed E-state index contributed by atoms with van der Waals surface area (Å²) in [6, 6.07) is 8.71. The van der Waals surface area contributed by atoms with Crippen molar-refractivity contribution in [2.45, 2.75) is 44.5 Å². The van der Waals surface area contributed by atoms with Gasteiger partial charge in [0.15, 0.2) is 0 Å². The molecular weight excluding hydrogens is 318 g/mol. The zero-order valence-electron chi connectivity index (χ0n) is 13.7. The Morgan fingerprint density at radius 3 is 2.50 bits per heavy atom. The number of thioether (sulfide) groups is 1. The van der Waals surface area contributed by atoms with Crippen molar-refractivity contribution in [3.8, 4) is 0 Å². The van der Waals surface area contributed by atoms with Crippen LogP contribution in [0.4, 0.5) is 0 Å². The molecule has 1 unspecified atom stereocenters. The average molecular weight is 344 g/mol. The van der Waals surface area contributed by atoms with Gasteiger partial charge in [0.05, 0.1) is 12.5 Å². The fraction of sp³-hybridized carbons (Fsp3) is 0.588. The lowest BCUT2D eigenvalue weighted by molar-refractivity contribution is -0.142. The van der Waals surface area contributed by atoms with Crippen LogP contribution in [0.2, 0.25) is 0 Å². The van der Waals surface area contributed by atoms with Gasteiger partial charge in [-0.2, -0.15) is 0 Å². The molecule has 0 saturated carbocycles. The van der Waals surface area contributed by atoms with E-state index < -0.39 is 0 Å². The number of hydrogen-bond acceptors (Lipinski definition) is 4. The van der Waals surface area contributed by atoms with E-state index in [-0.39, 0.29) is 29.8 Å². The van der Waals surface area contributed by atoms with Crippen molar-refractivity contribution >= 4 is 30.1 Å². The molecule has 0 aliphatic carbocycles. The lowest BCUT2D eigenvalue weighted by atomic mass is 9.96. The third kappa shape index (κ3) is 4.90. The molecule has 0 radical (unpaired) electrons. The van der Waals surface area contributed by atoms with Gasteiger partial charge < -0.3 is 4.74 Å². The van der Waals surface area contributed by atoms with Crippen molar-refractivity contribution in [3.63, 3.8) is 0 Å². The number of benzene rings is 1. The van der Waals surface area contributed by atoms with Crippen molar-refractivity contribution in [2.75, 3.05) is 12.9 Å². The molecule has 1 aromatic carbocycles. The summed E-state index contributed by atoms with van der Waals surface area (Å²) in [7, 11) is 1.44. The highest BCUT2D eigenvalue weighted by Crippen LogP contribution is 2.32. The third-order valence-corrected chi connectivity index (χ3v) is 5.33. The van der Waals surface area contributed by atoms with Crippen LogP contribution in [0, 0.1) is 5.92 Å². The molecule has 1 aliphatic heterocycles. The van der Waals surface area contributed by atoms with E-state index in [1.165, 1.54) is 18.2 Å². The van der Waals surface area contributed by atoms with E-state index in [0.717, 1.165) is 12.2 Å². The fourth-order valence-corrected chi connectivity index (χ4v) is 4.00. The maximum atomic E-state index is 11.6. The van der Waals surface area contributed by atoms with Crippen LogP contribution < -0.4 is 5.32 Å². The second-order valence-electron chi connectivity index (χ2n) is 6.12. The molecule has 1 heterocycles. The molecule has 0 spiro atoms. The molecule has 3 nitrogen and oxygen atoms in total. The van der Waals surface area contributed by atoms with Crippen LogP contribution in [0.25, 0.3) is 0 Å². The molecule has 1 aliphatic rings. The van der Waals surface area contributed by atoms with Crippen molar-refractivity contribution in [1.82, 2.24) is 5.32 Å². The SMILES string of the molecule is COC(=O)[C@@H]1CSC([C@H](C)c2ccc(CC(C)C)cc2)N1.Cl. The highest BCUT2D eigenvalue weighted by Gasteiger charge is 2.33. The monoisotopic (exact) mass is 343 g/mol. The highest BCUT2D eigenvalue weighted by atomic mass is 35.5. The molecular formula is C17H26ClNO2S. The number of halogens is 1. The summed E-state index contributed by atoms with van der Waals surface area (Å²) in [4.78, 5) is 11.6. The molecule has 1 aromatic rings. The first kappa shape index (κ1) is 19.3. The molecule has 124 valence electrons. The van der Waals surface area contributed by atoms with E-state index in [1.807, 2.05) is 0 Å². The van der Waals surface area contributed by atoms with Crippen molar-refractivity contribution in [3.05, 3.63) is 35.4 Å². The van der Waals surface area contributed by atoms with Crippen molar-refractivity contribution in [1.29, 1.82) is 0 Å². The van der Waals surface area contributed by atoms with E-state index in [9.17, 15) is 4.79 Å². The molecule has 2 rings (SSSR count). The van der Waals surface area contributed by atoms with Gasteiger partial charge in [-0.1, -0.05) is 45.0 Å². The Hall–Kier alpha value is -0.710. The minimum absolute atomic E-state index is 0. The predicted octanol–water partition coefficient (Wildman–Crippen LogP) is 3.61. The number of carbonyl (C=O) groups excluding carboxylic acids is 1. The Morgan fingerprint density at radius 2 is 1.95 bits per heavy atom. The summed E-state index contributed by atoms with van der Waals surface area (Å²) < 4.78 is 4.81. The average Bonchev–Trinajstić information content (AvgIpc) is 2.95. The van der Waals surface area contributed by atoms with Crippen molar-refractivity contribution in [2.24, 2.45) is 5.92 Å². The maximum Gasteiger partial charge on any atom is 0.323 e. The van der Waals surface area contributed by atoms with Gasteiger partial charge in [0.25, 0.3) is 0 Å². The zero-order chi connectivity index (χ0) is 15.4. The number of hydrogen-bond donors (Lipinski definition) is 1. The van der Waals surface area contributed by atoms with Crippen LogP contribution in [-0.2, 0) is 16.0 Å². The molecule has 0 aromatic heterocycles. The first-order chi connectivity index (χ1) is 10.0. The standard InChI is InChI=1S/C17H25NO2S.ClH/c1-11(2)9-13-5-7-14(8-6-13)12(3)16-18-15(10-21-16)17(19)20-4;/h5-8,11-12,15-16,18H,9-10H2,1-4H3;1H/t12-,15+,16?;/m1./s1. The van der Waals surface area contributed by atoms with Crippen LogP contribution in [0.3, 0.4) is 0 Å². The molecule has 5 heteroatoms.